The standard InChI is InChI=1S/C47H32N4/c1-31-27-42(49-46-40(31)25-23-35-24-26-41(48-45(35)46)32-13-5-2-6-14-32)38-21-11-19-36(28-38)37-20-12-22-39(29-37)47-50-43(33-15-7-3-8-16-33)30-44(51-47)34-17-9-4-10-18-34/h2-30H,1H3. The summed E-state index contributed by atoms with van der Waals surface area (Å²) in [5.74, 6) is 0.689. The van der Waals surface area contributed by atoms with E-state index in [9.17, 15) is 0 Å². The van der Waals surface area contributed by atoms with Gasteiger partial charge in [0.1, 0.15) is 0 Å². The van der Waals surface area contributed by atoms with Gasteiger partial charge in [0.2, 0.25) is 0 Å². The van der Waals surface area contributed by atoms with Gasteiger partial charge in [0, 0.05) is 38.6 Å². The van der Waals surface area contributed by atoms with Crippen LogP contribution in [0.1, 0.15) is 5.56 Å². The molecule has 3 heterocycles. The molecule has 0 radical (unpaired) electrons. The second kappa shape index (κ2) is 12.9. The van der Waals surface area contributed by atoms with Crippen molar-refractivity contribution < 1.29 is 0 Å². The minimum Gasteiger partial charge on any atom is -0.245 e. The molecule has 0 amide bonds. The van der Waals surface area contributed by atoms with E-state index in [4.69, 9.17) is 19.9 Å². The third-order valence-corrected chi connectivity index (χ3v) is 9.39. The van der Waals surface area contributed by atoms with Crippen LogP contribution in [0.3, 0.4) is 0 Å². The van der Waals surface area contributed by atoms with Gasteiger partial charge >= 0.3 is 0 Å². The molecule has 0 saturated heterocycles. The molecule has 9 rings (SSSR count). The summed E-state index contributed by atoms with van der Waals surface area (Å²) in [5.41, 5.74) is 14.0. The zero-order chi connectivity index (χ0) is 34.1. The average molecular weight is 653 g/mol. The fourth-order valence-corrected chi connectivity index (χ4v) is 6.74. The monoisotopic (exact) mass is 652 g/mol. The highest BCUT2D eigenvalue weighted by atomic mass is 14.9. The average Bonchev–Trinajstić information content (AvgIpc) is 3.21. The Hall–Kier alpha value is -6.78. The number of nitrogens with zero attached hydrogens (tertiary/aromatic N) is 4. The highest BCUT2D eigenvalue weighted by molar-refractivity contribution is 6.05. The number of hydrogen-bond donors (Lipinski definition) is 0. The summed E-state index contributed by atoms with van der Waals surface area (Å²) >= 11 is 0. The summed E-state index contributed by atoms with van der Waals surface area (Å²) in [6.45, 7) is 2.15. The minimum atomic E-state index is 0.689. The van der Waals surface area contributed by atoms with Crippen molar-refractivity contribution in [3.63, 3.8) is 0 Å². The minimum absolute atomic E-state index is 0.689. The van der Waals surface area contributed by atoms with Crippen LogP contribution >= 0.6 is 0 Å². The van der Waals surface area contributed by atoms with Gasteiger partial charge < -0.3 is 0 Å². The van der Waals surface area contributed by atoms with Gasteiger partial charge in [-0.1, -0.05) is 146 Å². The van der Waals surface area contributed by atoms with Crippen LogP contribution in [0, 0.1) is 6.92 Å². The number of fused-ring (bicyclic) bond motifs is 3. The first-order valence-corrected chi connectivity index (χ1v) is 17.1. The quantitative estimate of drug-likeness (QED) is 0.168. The molecule has 0 atom stereocenters. The molecule has 0 unspecified atom stereocenters. The smallest absolute Gasteiger partial charge is 0.160 e. The summed E-state index contributed by atoms with van der Waals surface area (Å²) < 4.78 is 0. The largest absolute Gasteiger partial charge is 0.245 e. The number of aromatic nitrogens is 4. The molecular weight excluding hydrogens is 621 g/mol. The van der Waals surface area contributed by atoms with E-state index in [1.165, 1.54) is 5.56 Å². The molecule has 0 saturated carbocycles. The van der Waals surface area contributed by atoms with Crippen LogP contribution in [-0.4, -0.2) is 19.9 Å². The molecule has 0 N–H and O–H groups in total. The molecule has 0 spiro atoms. The van der Waals surface area contributed by atoms with E-state index < -0.39 is 0 Å². The molecule has 0 aliphatic rings. The predicted octanol–water partition coefficient (Wildman–Crippen LogP) is 11.9. The number of pyridine rings is 2. The van der Waals surface area contributed by atoms with E-state index in [1.807, 2.05) is 54.6 Å². The van der Waals surface area contributed by atoms with Gasteiger partial charge in [-0.25, -0.2) is 19.9 Å². The van der Waals surface area contributed by atoms with Crippen LogP contribution in [0.15, 0.2) is 176 Å². The Labute approximate surface area is 296 Å². The van der Waals surface area contributed by atoms with Gasteiger partial charge in [-0.3, -0.25) is 0 Å². The van der Waals surface area contributed by atoms with Gasteiger partial charge in [0.05, 0.1) is 33.8 Å². The van der Waals surface area contributed by atoms with Crippen molar-refractivity contribution in [3.05, 3.63) is 181 Å². The van der Waals surface area contributed by atoms with E-state index >= 15 is 0 Å². The van der Waals surface area contributed by atoms with Crippen molar-refractivity contribution in [2.75, 3.05) is 0 Å². The number of aryl methyl sites for hydroxylation is 1. The van der Waals surface area contributed by atoms with Crippen molar-refractivity contribution in [1.82, 2.24) is 19.9 Å². The Bertz CT molecular complexity index is 2630. The molecule has 9 aromatic rings. The lowest BCUT2D eigenvalue weighted by Crippen LogP contribution is -1.96. The second-order valence-electron chi connectivity index (χ2n) is 12.8. The summed E-state index contributed by atoms with van der Waals surface area (Å²) in [5, 5.41) is 2.19. The zero-order valence-electron chi connectivity index (χ0n) is 28.0. The van der Waals surface area contributed by atoms with Crippen molar-refractivity contribution >= 4 is 21.8 Å². The predicted molar refractivity (Wildman–Crippen MR) is 210 cm³/mol. The van der Waals surface area contributed by atoms with Gasteiger partial charge in [-0.05, 0) is 53.9 Å². The summed E-state index contributed by atoms with van der Waals surface area (Å²) in [7, 11) is 0. The lowest BCUT2D eigenvalue weighted by Gasteiger charge is -2.12. The van der Waals surface area contributed by atoms with Gasteiger partial charge in [-0.15, -0.1) is 0 Å². The van der Waals surface area contributed by atoms with Crippen LogP contribution in [0.5, 0.6) is 0 Å². The Balaban J connectivity index is 1.12. The van der Waals surface area contributed by atoms with E-state index in [0.29, 0.717) is 5.82 Å². The first-order chi connectivity index (χ1) is 25.2. The van der Waals surface area contributed by atoms with E-state index in [0.717, 1.165) is 83.5 Å². The summed E-state index contributed by atoms with van der Waals surface area (Å²) in [6, 6.07) is 60.8. The number of rotatable bonds is 6. The highest BCUT2D eigenvalue weighted by Gasteiger charge is 2.14. The van der Waals surface area contributed by atoms with Crippen LogP contribution in [0.2, 0.25) is 0 Å². The molecule has 4 heteroatoms. The van der Waals surface area contributed by atoms with Crippen molar-refractivity contribution in [1.29, 1.82) is 0 Å². The maximum atomic E-state index is 5.26. The van der Waals surface area contributed by atoms with Crippen LogP contribution < -0.4 is 0 Å². The van der Waals surface area contributed by atoms with Crippen LogP contribution in [-0.2, 0) is 0 Å². The lowest BCUT2D eigenvalue weighted by atomic mass is 9.98. The maximum Gasteiger partial charge on any atom is 0.160 e. The Morgan fingerprint density at radius 1 is 0.314 bits per heavy atom. The molecule has 0 bridgehead atoms. The molecule has 4 nitrogen and oxygen atoms in total. The van der Waals surface area contributed by atoms with Gasteiger partial charge in [0.25, 0.3) is 0 Å². The van der Waals surface area contributed by atoms with Gasteiger partial charge in [-0.2, -0.15) is 0 Å². The Morgan fingerprint density at radius 3 is 1.41 bits per heavy atom. The van der Waals surface area contributed by atoms with E-state index in [2.05, 4.69) is 128 Å². The second-order valence-corrected chi connectivity index (χ2v) is 12.8. The maximum absolute atomic E-state index is 5.26. The van der Waals surface area contributed by atoms with E-state index in [-0.39, 0.29) is 0 Å². The van der Waals surface area contributed by atoms with Crippen molar-refractivity contribution in [2.24, 2.45) is 0 Å². The topological polar surface area (TPSA) is 51.6 Å². The Morgan fingerprint density at radius 2 is 0.784 bits per heavy atom. The SMILES string of the molecule is Cc1cc(-c2cccc(-c3cccc(-c4nc(-c5ccccc5)cc(-c5ccccc5)n4)c3)c2)nc2c1ccc1ccc(-c3ccccc3)nc12. The summed E-state index contributed by atoms with van der Waals surface area (Å²) in [4.78, 5) is 20.5. The molecule has 0 aliphatic heterocycles. The number of benzene rings is 6. The molecule has 3 aromatic heterocycles. The highest BCUT2D eigenvalue weighted by Crippen LogP contribution is 2.34. The number of hydrogen-bond acceptors (Lipinski definition) is 4. The van der Waals surface area contributed by atoms with Crippen LogP contribution in [0.4, 0.5) is 0 Å². The first kappa shape index (κ1) is 30.3. The van der Waals surface area contributed by atoms with E-state index in [1.54, 1.807) is 0 Å². The Kier molecular flexibility index (Phi) is 7.67. The molecule has 0 aliphatic carbocycles. The first-order valence-electron chi connectivity index (χ1n) is 17.1. The summed E-state index contributed by atoms with van der Waals surface area (Å²) in [6.07, 6.45) is 0. The molecular formula is C47H32N4. The molecule has 51 heavy (non-hydrogen) atoms. The van der Waals surface area contributed by atoms with Crippen molar-refractivity contribution in [3.8, 4) is 67.5 Å². The van der Waals surface area contributed by atoms with Gasteiger partial charge in [0.15, 0.2) is 5.82 Å². The fourth-order valence-electron chi connectivity index (χ4n) is 6.74. The van der Waals surface area contributed by atoms with Crippen molar-refractivity contribution in [2.45, 2.75) is 6.92 Å². The fraction of sp³-hybridized carbons (Fsp3) is 0.0213. The molecule has 6 aromatic carbocycles. The molecule has 0 fully saturated rings. The van der Waals surface area contributed by atoms with Crippen LogP contribution in [0.25, 0.3) is 89.4 Å². The third kappa shape index (κ3) is 5.94. The molecule has 240 valence electrons. The third-order valence-electron chi connectivity index (χ3n) is 9.39. The lowest BCUT2D eigenvalue weighted by molar-refractivity contribution is 1.18. The zero-order valence-corrected chi connectivity index (χ0v) is 28.0. The normalized spacial score (nSPS) is 11.2.